The molecule has 0 aromatic rings. The van der Waals surface area contributed by atoms with Crippen molar-refractivity contribution in [2.45, 2.75) is 56.4 Å². The maximum absolute atomic E-state index is 12.7. The van der Waals surface area contributed by atoms with Gasteiger partial charge in [-0.2, -0.15) is 0 Å². The zero-order chi connectivity index (χ0) is 15.7. The predicted octanol–water partition coefficient (Wildman–Crippen LogP) is -0.360. The van der Waals surface area contributed by atoms with E-state index in [1.54, 1.807) is 4.90 Å². The predicted molar refractivity (Wildman–Crippen MR) is 79.8 cm³/mol. The molecule has 23 heavy (non-hydrogen) atoms. The van der Waals surface area contributed by atoms with Crippen LogP contribution in [0, 0.1) is 0 Å². The van der Waals surface area contributed by atoms with Crippen LogP contribution < -0.4 is 56.7 Å². The van der Waals surface area contributed by atoms with E-state index >= 15 is 0 Å². The maximum atomic E-state index is 12.7. The first-order valence-corrected chi connectivity index (χ1v) is 8.44. The molecule has 3 heterocycles. The van der Waals surface area contributed by atoms with Crippen molar-refractivity contribution in [2.75, 3.05) is 26.2 Å². The molecule has 2 atom stereocenters. The van der Waals surface area contributed by atoms with E-state index in [0.29, 0.717) is 6.04 Å². The van der Waals surface area contributed by atoms with Crippen LogP contribution in [0.4, 0.5) is 17.7 Å². The molecular formula is C14H24BF3KN3O. The first-order chi connectivity index (χ1) is 10.4. The Hall–Kier alpha value is 0.721. The number of halogens is 3. The van der Waals surface area contributed by atoms with Crippen molar-refractivity contribution in [2.24, 2.45) is 0 Å². The number of piperidine rings is 2. The van der Waals surface area contributed by atoms with Crippen LogP contribution in [-0.2, 0) is 0 Å². The van der Waals surface area contributed by atoms with E-state index in [2.05, 4.69) is 10.2 Å². The summed E-state index contributed by atoms with van der Waals surface area (Å²) < 4.78 is 38.2. The Balaban J connectivity index is 0.00000192. The number of hydrogen-bond acceptors (Lipinski definition) is 2. The van der Waals surface area contributed by atoms with Crippen LogP contribution in [-0.4, -0.2) is 61.1 Å². The average molecular weight is 357 g/mol. The van der Waals surface area contributed by atoms with E-state index in [-0.39, 0.29) is 89.4 Å². The minimum atomic E-state index is -4.77. The van der Waals surface area contributed by atoms with Crippen molar-refractivity contribution >= 4 is 13.0 Å². The van der Waals surface area contributed by atoms with Gasteiger partial charge in [0.2, 0.25) is 0 Å². The van der Waals surface area contributed by atoms with Gasteiger partial charge < -0.3 is 23.2 Å². The largest absolute Gasteiger partial charge is 1.00 e. The van der Waals surface area contributed by atoms with Crippen LogP contribution in [0.25, 0.3) is 0 Å². The van der Waals surface area contributed by atoms with Gasteiger partial charge >= 0.3 is 64.4 Å². The standard InChI is InChI=1S/C14H24BF3N3O.K/c16-15(17,18)11-4-8-21(9-5-11)14(22)19-12-6-10-20-7-2-1-3-13(12)20;/h11-13H,1-10H2,(H,19,22);/q-1;+1. The number of likely N-dealkylation sites (tertiary alicyclic amines) is 1. The molecule has 3 fully saturated rings. The SMILES string of the molecule is O=C(NC1CCN2CCCCC12)N1CCC([B-](F)(F)F)CC1.[K+]. The Morgan fingerprint density at radius 2 is 1.65 bits per heavy atom. The van der Waals surface area contributed by atoms with Gasteiger partial charge in [0.15, 0.2) is 0 Å². The Morgan fingerprint density at radius 1 is 0.957 bits per heavy atom. The molecule has 0 spiro atoms. The maximum Gasteiger partial charge on any atom is 1.00 e. The monoisotopic (exact) mass is 357 g/mol. The molecule has 3 aliphatic rings. The van der Waals surface area contributed by atoms with Gasteiger partial charge in [-0.1, -0.05) is 25.1 Å². The number of rotatable bonds is 2. The van der Waals surface area contributed by atoms with Crippen molar-refractivity contribution in [3.8, 4) is 0 Å². The number of hydrogen-bond donors (Lipinski definition) is 1. The number of nitrogens with zero attached hydrogens (tertiary/aromatic N) is 2. The number of carbonyl (C=O) groups is 1. The Labute approximate surface area is 178 Å². The third-order valence-electron chi connectivity index (χ3n) is 5.53. The van der Waals surface area contributed by atoms with E-state index in [9.17, 15) is 17.7 Å². The summed E-state index contributed by atoms with van der Waals surface area (Å²) in [7, 11) is 0. The molecule has 1 N–H and O–H groups in total. The summed E-state index contributed by atoms with van der Waals surface area (Å²) in [6.07, 6.45) is 4.60. The van der Waals surface area contributed by atoms with Gasteiger partial charge in [0, 0.05) is 31.7 Å². The van der Waals surface area contributed by atoms with Gasteiger partial charge in [0.05, 0.1) is 0 Å². The van der Waals surface area contributed by atoms with Crippen LogP contribution in [0.1, 0.15) is 38.5 Å². The van der Waals surface area contributed by atoms with Gasteiger partial charge in [0.1, 0.15) is 0 Å². The smallest absolute Gasteiger partial charge is 0.449 e. The van der Waals surface area contributed by atoms with Crippen LogP contribution >= 0.6 is 0 Å². The van der Waals surface area contributed by atoms with E-state index in [1.807, 2.05) is 0 Å². The number of amides is 2. The van der Waals surface area contributed by atoms with Gasteiger partial charge in [0.25, 0.3) is 0 Å². The summed E-state index contributed by atoms with van der Waals surface area (Å²) in [4.78, 5) is 16.3. The molecule has 2 unspecified atom stereocenters. The van der Waals surface area contributed by atoms with E-state index < -0.39 is 12.8 Å². The molecule has 2 amide bonds. The fraction of sp³-hybridized carbons (Fsp3) is 0.929. The molecule has 3 saturated heterocycles. The number of nitrogens with one attached hydrogen (secondary N) is 1. The third kappa shape index (κ3) is 4.88. The first-order valence-electron chi connectivity index (χ1n) is 8.44. The van der Waals surface area contributed by atoms with E-state index in [1.165, 1.54) is 12.8 Å². The van der Waals surface area contributed by atoms with Crippen LogP contribution in [0.5, 0.6) is 0 Å². The molecule has 126 valence electrons. The summed E-state index contributed by atoms with van der Waals surface area (Å²) in [6.45, 7) is -2.19. The second kappa shape index (κ2) is 8.40. The van der Waals surface area contributed by atoms with Gasteiger partial charge in [-0.3, -0.25) is 4.90 Å². The Morgan fingerprint density at radius 3 is 2.30 bits per heavy atom. The second-order valence-electron chi connectivity index (χ2n) is 6.89. The van der Waals surface area contributed by atoms with E-state index in [4.69, 9.17) is 0 Å². The topological polar surface area (TPSA) is 35.6 Å². The molecule has 3 aliphatic heterocycles. The molecule has 0 radical (unpaired) electrons. The minimum absolute atomic E-state index is 0. The average Bonchev–Trinajstić information content (AvgIpc) is 2.90. The number of fused-ring (bicyclic) bond motifs is 1. The molecule has 0 aromatic carbocycles. The van der Waals surface area contributed by atoms with Gasteiger partial charge in [-0.05, 0) is 25.8 Å². The molecule has 9 heteroatoms. The molecule has 0 aromatic heterocycles. The quantitative estimate of drug-likeness (QED) is 0.686. The first kappa shape index (κ1) is 20.0. The fourth-order valence-electron chi connectivity index (χ4n) is 4.15. The summed E-state index contributed by atoms with van der Waals surface area (Å²) in [6, 6.07) is 0.414. The normalized spacial score (nSPS) is 29.8. The molecule has 0 aliphatic carbocycles. The Kier molecular flexibility index (Phi) is 7.32. The summed E-state index contributed by atoms with van der Waals surface area (Å²) in [5.74, 6) is -1.19. The van der Waals surface area contributed by atoms with Crippen molar-refractivity contribution < 1.29 is 69.1 Å². The zero-order valence-corrected chi connectivity index (χ0v) is 16.9. The summed E-state index contributed by atoms with van der Waals surface area (Å²) >= 11 is 0. The van der Waals surface area contributed by atoms with Gasteiger partial charge in [-0.25, -0.2) is 4.79 Å². The third-order valence-corrected chi connectivity index (χ3v) is 5.53. The minimum Gasteiger partial charge on any atom is -0.449 e. The second-order valence-corrected chi connectivity index (χ2v) is 6.89. The zero-order valence-electron chi connectivity index (χ0n) is 13.8. The van der Waals surface area contributed by atoms with Crippen molar-refractivity contribution in [1.29, 1.82) is 0 Å². The van der Waals surface area contributed by atoms with Crippen LogP contribution in [0.3, 0.4) is 0 Å². The van der Waals surface area contributed by atoms with E-state index in [0.717, 1.165) is 25.9 Å². The molecular weight excluding hydrogens is 333 g/mol. The molecule has 3 rings (SSSR count). The van der Waals surface area contributed by atoms with Crippen molar-refractivity contribution in [3.05, 3.63) is 0 Å². The van der Waals surface area contributed by atoms with Crippen LogP contribution in [0.2, 0.25) is 5.82 Å². The van der Waals surface area contributed by atoms with Crippen molar-refractivity contribution in [1.82, 2.24) is 15.1 Å². The molecule has 4 nitrogen and oxygen atoms in total. The number of carbonyl (C=O) groups excluding carboxylic acids is 1. The molecule has 0 saturated carbocycles. The fourth-order valence-corrected chi connectivity index (χ4v) is 4.15. The Bertz CT molecular complexity index is 419. The summed E-state index contributed by atoms with van der Waals surface area (Å²) in [5.41, 5.74) is 0. The van der Waals surface area contributed by atoms with Gasteiger partial charge in [-0.15, -0.1) is 0 Å². The van der Waals surface area contributed by atoms with Crippen LogP contribution in [0.15, 0.2) is 0 Å². The van der Waals surface area contributed by atoms with Crippen molar-refractivity contribution in [3.63, 3.8) is 0 Å². The number of urea groups is 1. The molecule has 0 bridgehead atoms. The summed E-state index contributed by atoms with van der Waals surface area (Å²) in [5, 5.41) is 3.07.